The Morgan fingerprint density at radius 3 is 2.50 bits per heavy atom. The Morgan fingerprint density at radius 2 is 1.88 bits per heavy atom. The fourth-order valence-electron chi connectivity index (χ4n) is 3.14. The molecule has 2 N–H and O–H groups in total. The van der Waals surface area contributed by atoms with Gasteiger partial charge in [-0.05, 0) is 49.5 Å². The van der Waals surface area contributed by atoms with Gasteiger partial charge in [0.1, 0.15) is 6.04 Å². The number of halogens is 2. The Hall–Kier alpha value is -0.910. The molecule has 1 aromatic rings. The molecule has 7 heteroatoms. The molecule has 2 amide bonds. The molecule has 0 saturated heterocycles. The second-order valence-electron chi connectivity index (χ2n) is 6.63. The Balaban J connectivity index is 2.02. The topological polar surface area (TPSA) is 58.2 Å². The molecule has 1 saturated carbocycles. The molecule has 0 bridgehead atoms. The molecule has 0 aliphatic heterocycles. The summed E-state index contributed by atoms with van der Waals surface area (Å²) in [6.07, 6.45) is 9.34. The van der Waals surface area contributed by atoms with Gasteiger partial charge in [0.15, 0.2) is 0 Å². The van der Waals surface area contributed by atoms with Crippen molar-refractivity contribution >= 4 is 46.8 Å². The first kappa shape index (κ1) is 21.4. The van der Waals surface area contributed by atoms with E-state index in [1.807, 2.05) is 6.26 Å². The van der Waals surface area contributed by atoms with Crippen LogP contribution in [0.1, 0.15) is 55.3 Å². The Bertz CT molecular complexity index is 620. The third-order valence-electron chi connectivity index (χ3n) is 4.61. The van der Waals surface area contributed by atoms with E-state index in [0.717, 1.165) is 31.4 Å². The van der Waals surface area contributed by atoms with Crippen LogP contribution >= 0.6 is 35.0 Å². The van der Waals surface area contributed by atoms with Crippen LogP contribution in [0.3, 0.4) is 0 Å². The van der Waals surface area contributed by atoms with E-state index in [1.165, 1.54) is 18.9 Å². The standard InChI is InChI=1S/C19H26Cl2N2O2S/c1-26-11-10-17(19(25)22-14-6-4-2-3-5-7-14)23-18(24)15-9-8-13(20)12-16(15)21/h8-9,12,14,17H,2-7,10-11H2,1H3,(H,22,25)(H,23,24). The summed E-state index contributed by atoms with van der Waals surface area (Å²) < 4.78 is 0. The van der Waals surface area contributed by atoms with Crippen LogP contribution < -0.4 is 10.6 Å². The van der Waals surface area contributed by atoms with Crippen LogP contribution in [0.4, 0.5) is 0 Å². The molecule has 1 fully saturated rings. The van der Waals surface area contributed by atoms with Crippen molar-refractivity contribution < 1.29 is 9.59 Å². The number of carbonyl (C=O) groups is 2. The lowest BCUT2D eigenvalue weighted by atomic mass is 10.1. The zero-order valence-corrected chi connectivity index (χ0v) is 17.4. The van der Waals surface area contributed by atoms with Crippen LogP contribution in [-0.4, -0.2) is 35.9 Å². The first-order valence-corrected chi connectivity index (χ1v) is 11.2. The summed E-state index contributed by atoms with van der Waals surface area (Å²) in [5, 5.41) is 6.72. The van der Waals surface area contributed by atoms with Gasteiger partial charge in [-0.1, -0.05) is 48.9 Å². The van der Waals surface area contributed by atoms with Crippen LogP contribution in [0.25, 0.3) is 0 Å². The normalized spacial score (nSPS) is 16.6. The molecular formula is C19H26Cl2N2O2S. The van der Waals surface area contributed by atoms with Gasteiger partial charge in [0.05, 0.1) is 10.6 Å². The average molecular weight is 417 g/mol. The highest BCUT2D eigenvalue weighted by Crippen LogP contribution is 2.21. The van der Waals surface area contributed by atoms with E-state index in [4.69, 9.17) is 23.2 Å². The highest BCUT2D eigenvalue weighted by Gasteiger charge is 2.24. The lowest BCUT2D eigenvalue weighted by Crippen LogP contribution is -2.49. The van der Waals surface area contributed by atoms with Crippen LogP contribution in [0.2, 0.25) is 10.0 Å². The fraction of sp³-hybridized carbons (Fsp3) is 0.579. The predicted octanol–water partition coefficient (Wildman–Crippen LogP) is 4.68. The molecule has 26 heavy (non-hydrogen) atoms. The van der Waals surface area contributed by atoms with Crippen molar-refractivity contribution in [3.8, 4) is 0 Å². The molecule has 2 rings (SSSR count). The first-order chi connectivity index (χ1) is 12.5. The number of thioether (sulfide) groups is 1. The minimum absolute atomic E-state index is 0.107. The van der Waals surface area contributed by atoms with E-state index >= 15 is 0 Å². The summed E-state index contributed by atoms with van der Waals surface area (Å²) in [6, 6.07) is 4.36. The van der Waals surface area contributed by atoms with E-state index in [-0.39, 0.29) is 22.9 Å². The van der Waals surface area contributed by atoms with Gasteiger partial charge in [-0.2, -0.15) is 11.8 Å². The number of hydrogen-bond acceptors (Lipinski definition) is 3. The predicted molar refractivity (Wildman–Crippen MR) is 110 cm³/mol. The Kier molecular flexibility index (Phi) is 9.09. The Labute approximate surface area is 169 Å². The molecule has 1 unspecified atom stereocenters. The minimum Gasteiger partial charge on any atom is -0.352 e. The molecular weight excluding hydrogens is 391 g/mol. The molecule has 1 atom stereocenters. The molecule has 0 spiro atoms. The van der Waals surface area contributed by atoms with Crippen molar-refractivity contribution in [2.24, 2.45) is 0 Å². The van der Waals surface area contributed by atoms with E-state index in [1.54, 1.807) is 23.9 Å². The Morgan fingerprint density at radius 1 is 1.19 bits per heavy atom. The van der Waals surface area contributed by atoms with Crippen LogP contribution in [0.15, 0.2) is 18.2 Å². The number of carbonyl (C=O) groups excluding carboxylic acids is 2. The molecule has 144 valence electrons. The van der Waals surface area contributed by atoms with Crippen molar-refractivity contribution in [1.82, 2.24) is 10.6 Å². The number of amides is 2. The zero-order chi connectivity index (χ0) is 18.9. The minimum atomic E-state index is -0.565. The van der Waals surface area contributed by atoms with Gasteiger partial charge >= 0.3 is 0 Å². The monoisotopic (exact) mass is 416 g/mol. The fourth-order valence-corrected chi connectivity index (χ4v) is 4.11. The van der Waals surface area contributed by atoms with Crippen LogP contribution in [0.5, 0.6) is 0 Å². The SMILES string of the molecule is CSCCC(NC(=O)c1ccc(Cl)cc1Cl)C(=O)NC1CCCCCC1. The molecule has 4 nitrogen and oxygen atoms in total. The lowest BCUT2D eigenvalue weighted by molar-refractivity contribution is -0.123. The molecule has 0 heterocycles. The zero-order valence-electron chi connectivity index (χ0n) is 15.0. The molecule has 1 aliphatic rings. The van der Waals surface area contributed by atoms with E-state index in [9.17, 15) is 9.59 Å². The van der Waals surface area contributed by atoms with Gasteiger partial charge in [0, 0.05) is 11.1 Å². The van der Waals surface area contributed by atoms with Crippen LogP contribution in [0, 0.1) is 0 Å². The molecule has 0 radical (unpaired) electrons. The van der Waals surface area contributed by atoms with Crippen molar-refractivity contribution in [3.05, 3.63) is 33.8 Å². The highest BCUT2D eigenvalue weighted by atomic mass is 35.5. The maximum atomic E-state index is 12.7. The quantitative estimate of drug-likeness (QED) is 0.634. The highest BCUT2D eigenvalue weighted by molar-refractivity contribution is 7.98. The summed E-state index contributed by atoms with van der Waals surface area (Å²) in [7, 11) is 0. The van der Waals surface area contributed by atoms with E-state index < -0.39 is 6.04 Å². The molecule has 0 aromatic heterocycles. The van der Waals surface area contributed by atoms with Crippen molar-refractivity contribution in [2.75, 3.05) is 12.0 Å². The van der Waals surface area contributed by atoms with Gasteiger partial charge in [-0.25, -0.2) is 0 Å². The van der Waals surface area contributed by atoms with Gasteiger partial charge in [0.25, 0.3) is 5.91 Å². The number of rotatable bonds is 7. The number of benzene rings is 1. The maximum absolute atomic E-state index is 12.7. The number of hydrogen-bond donors (Lipinski definition) is 2. The van der Waals surface area contributed by atoms with Gasteiger partial charge in [0.2, 0.25) is 5.91 Å². The van der Waals surface area contributed by atoms with E-state index in [0.29, 0.717) is 17.0 Å². The van der Waals surface area contributed by atoms with Gasteiger partial charge < -0.3 is 10.6 Å². The molecule has 1 aromatic carbocycles. The second kappa shape index (κ2) is 11.1. The van der Waals surface area contributed by atoms with E-state index in [2.05, 4.69) is 10.6 Å². The second-order valence-corrected chi connectivity index (χ2v) is 8.46. The summed E-state index contributed by atoms with van der Waals surface area (Å²) in [5.74, 6) is 0.329. The van der Waals surface area contributed by atoms with Crippen molar-refractivity contribution in [1.29, 1.82) is 0 Å². The van der Waals surface area contributed by atoms with Gasteiger partial charge in [-0.15, -0.1) is 0 Å². The maximum Gasteiger partial charge on any atom is 0.253 e. The summed E-state index contributed by atoms with van der Waals surface area (Å²) >= 11 is 13.7. The average Bonchev–Trinajstić information content (AvgIpc) is 2.86. The third kappa shape index (κ3) is 6.67. The summed E-state index contributed by atoms with van der Waals surface area (Å²) in [5.41, 5.74) is 0.326. The summed E-state index contributed by atoms with van der Waals surface area (Å²) in [6.45, 7) is 0. The smallest absolute Gasteiger partial charge is 0.253 e. The van der Waals surface area contributed by atoms with Gasteiger partial charge in [-0.3, -0.25) is 9.59 Å². The molecule has 1 aliphatic carbocycles. The lowest BCUT2D eigenvalue weighted by Gasteiger charge is -2.23. The largest absolute Gasteiger partial charge is 0.352 e. The first-order valence-electron chi connectivity index (χ1n) is 9.06. The number of nitrogens with one attached hydrogen (secondary N) is 2. The van der Waals surface area contributed by atoms with Crippen molar-refractivity contribution in [2.45, 2.75) is 57.0 Å². The van der Waals surface area contributed by atoms with Crippen LogP contribution in [-0.2, 0) is 4.79 Å². The summed E-state index contributed by atoms with van der Waals surface area (Å²) in [4.78, 5) is 25.3. The third-order valence-corrected chi connectivity index (χ3v) is 5.80. The van der Waals surface area contributed by atoms with Crippen molar-refractivity contribution in [3.63, 3.8) is 0 Å².